The monoisotopic (exact) mass is 3330 g/mol. The second kappa shape index (κ2) is 59.9. The number of aliphatic carboxylic acids is 2. The predicted molar refractivity (Wildman–Crippen MR) is 568 cm³/mol. The standard InChI is InChI=1S/C19H21I3O8.C15H16I2O6.C13H12I2O6.C13H18I2O6.C11H8I2O6.C11H14I2O6/c1-17(2,20)14(25)28-9-7-10(29-15(26)18(3,4)21)12(13(23)24)11(8-9)30-16(27)19(5,6)22;1-14(2,16)12(20)22-9-5-8(11(18)19)6-10(7-9)23-13(21)15(3,4)17;1-6(14)12(18)20-9-3-8(11(16)17)4-10(5-9)21-13(19)7(2)15;1-6(14)12(18)20-8-3-4-9(11(16)17)10(5-8)21-13(19)7(2)15;12-4-9(14)18-7-1-6(11(16)17)2-8(3-7)19-10(15)5-13;12-4-9(14)18-6-1-2-7(11(16)17)8(3-6)19-10(15)5-13/h7-8H,1-6H3,(H,23,24);5-7H,1-4H3,(H,18,19);3-7H,1-2H3,(H,16,17);6-10H,3-5H2,1-2H3,(H,16,17);1-3H,4-5H2,(H,16,17);6-8H,1-5H2,(H,16,17)/p-6. The summed E-state index contributed by atoms with van der Waals surface area (Å²) in [5, 5.41) is 66.8. The largest absolute Gasteiger partial charge is 0.550 e. The van der Waals surface area contributed by atoms with E-state index in [-0.39, 0.29) is 120 Å². The van der Waals surface area contributed by atoms with Crippen molar-refractivity contribution < 1.29 is 183 Å². The molecule has 0 aromatic heterocycles. The summed E-state index contributed by atoms with van der Waals surface area (Å²) < 4.78 is 61.3. The lowest BCUT2D eigenvalue weighted by Gasteiger charge is -2.36. The van der Waals surface area contributed by atoms with Gasteiger partial charge in [0, 0.05) is 83.6 Å². The van der Waals surface area contributed by atoms with Crippen LogP contribution in [0, 0.1) is 11.8 Å². The van der Waals surface area contributed by atoms with Gasteiger partial charge >= 0.3 is 77.6 Å². The number of ether oxygens (including phenoxy) is 13. The van der Waals surface area contributed by atoms with Crippen LogP contribution in [0.1, 0.15) is 177 Å². The third-order valence-electron chi connectivity index (χ3n) is 15.9. The van der Waals surface area contributed by atoms with Crippen LogP contribution in [-0.2, 0) is 90.9 Å². The van der Waals surface area contributed by atoms with E-state index in [9.17, 15) is 122 Å². The van der Waals surface area contributed by atoms with E-state index in [4.69, 9.17) is 61.6 Å². The molecule has 2 saturated carbocycles. The highest BCUT2D eigenvalue weighted by atomic mass is 127. The molecule has 4 aromatic carbocycles. The van der Waals surface area contributed by atoms with Crippen molar-refractivity contribution >= 4 is 407 Å². The number of aromatic carboxylic acids is 4. The number of benzene rings is 4. The van der Waals surface area contributed by atoms with Crippen LogP contribution in [0.15, 0.2) is 66.7 Å². The number of alkyl halides is 13. The van der Waals surface area contributed by atoms with Crippen LogP contribution in [0.2, 0.25) is 0 Å². The van der Waals surface area contributed by atoms with Crippen molar-refractivity contribution in [2.45, 2.75) is 193 Å². The summed E-state index contributed by atoms with van der Waals surface area (Å²) in [6.07, 6.45) is -0.585. The van der Waals surface area contributed by atoms with Crippen molar-refractivity contribution in [3.05, 3.63) is 89.0 Å². The Hall–Kier alpha value is -3.70. The van der Waals surface area contributed by atoms with Gasteiger partial charge in [0.05, 0.1) is 47.2 Å². The lowest BCUT2D eigenvalue weighted by Crippen LogP contribution is -2.46. The number of hydrogen-bond donors (Lipinski definition) is 0. The first-order chi connectivity index (χ1) is 61.0. The number of carbonyl (C=O) groups is 19. The Kier molecular flexibility index (Phi) is 57.3. The maximum absolute atomic E-state index is 12.3. The van der Waals surface area contributed by atoms with Gasteiger partial charge in [-0.15, -0.1) is 0 Å². The smallest absolute Gasteiger partial charge is 0.326 e. The second-order valence-corrected chi connectivity index (χ2v) is 53.8. The van der Waals surface area contributed by atoms with E-state index in [1.54, 1.807) is 96.9 Å². The first kappa shape index (κ1) is 127. The molecular weight excluding hydrogens is 3240 g/mol. The van der Waals surface area contributed by atoms with Gasteiger partial charge in [0.2, 0.25) is 0 Å². The molecule has 736 valence electrons. The van der Waals surface area contributed by atoms with Crippen molar-refractivity contribution in [1.82, 2.24) is 0 Å². The van der Waals surface area contributed by atoms with E-state index in [2.05, 4.69) is 0 Å². The molecule has 51 heteroatoms. The minimum absolute atomic E-state index is 0.0142. The Bertz CT molecular complexity index is 4710. The first-order valence-electron chi connectivity index (χ1n) is 37.9. The molecule has 0 heterocycles. The maximum atomic E-state index is 12.3. The van der Waals surface area contributed by atoms with E-state index in [1.807, 2.05) is 294 Å². The topological polar surface area (TPSA) is 583 Å². The Morgan fingerprint density at radius 3 is 0.797 bits per heavy atom. The predicted octanol–water partition coefficient (Wildman–Crippen LogP) is 9.17. The van der Waals surface area contributed by atoms with E-state index < -0.39 is 180 Å². The van der Waals surface area contributed by atoms with Gasteiger partial charge < -0.3 is 121 Å². The molecule has 6 rings (SSSR count). The number of carbonyl (C=O) groups excluding carboxylic acids is 19. The quantitative estimate of drug-likeness (QED) is 0.0144. The molecule has 4 aromatic rings. The van der Waals surface area contributed by atoms with Crippen molar-refractivity contribution in [2.24, 2.45) is 11.8 Å². The summed E-state index contributed by atoms with van der Waals surface area (Å²) in [5.41, 5.74) is -1.39. The minimum atomic E-state index is -1.73. The van der Waals surface area contributed by atoms with Crippen LogP contribution in [0.5, 0.6) is 51.7 Å². The van der Waals surface area contributed by atoms with Gasteiger partial charge in [-0.1, -0.05) is 294 Å². The van der Waals surface area contributed by atoms with Crippen LogP contribution >= 0.6 is 294 Å². The summed E-state index contributed by atoms with van der Waals surface area (Å²) in [6, 6.07) is 12.8. The summed E-state index contributed by atoms with van der Waals surface area (Å²) in [6.45, 7) is 22.7. The molecule has 0 bridgehead atoms. The normalized spacial score (nSPS) is 16.5. The van der Waals surface area contributed by atoms with Crippen LogP contribution in [0.25, 0.3) is 0 Å². The summed E-state index contributed by atoms with van der Waals surface area (Å²) >= 11 is 24.3. The number of halogens is 13. The number of rotatable bonds is 32. The van der Waals surface area contributed by atoms with Crippen molar-refractivity contribution in [3.63, 3.8) is 0 Å². The highest BCUT2D eigenvalue weighted by Crippen LogP contribution is 2.39. The molecule has 38 nitrogen and oxygen atoms in total. The van der Waals surface area contributed by atoms with Gasteiger partial charge in [-0.05, 0) is 159 Å². The Balaban J connectivity index is 0.000000804. The second-order valence-electron chi connectivity index (χ2n) is 29.8. The van der Waals surface area contributed by atoms with Gasteiger partial charge in [0.1, 0.15) is 109 Å². The Morgan fingerprint density at radius 2 is 0.541 bits per heavy atom. The van der Waals surface area contributed by atoms with Gasteiger partial charge in [-0.25, -0.2) is 0 Å². The number of carboxylic acid groups (broad SMARTS) is 6. The zero-order valence-electron chi connectivity index (χ0n) is 72.1. The molecule has 0 spiro atoms. The Labute approximate surface area is 940 Å². The van der Waals surface area contributed by atoms with Crippen LogP contribution in [0.3, 0.4) is 0 Å². The fraction of sp³-hybridized carbons (Fsp3) is 0.476. The molecule has 0 saturated heterocycles. The first-order valence-corrected chi connectivity index (χ1v) is 54.4. The van der Waals surface area contributed by atoms with E-state index in [0.29, 0.717) is 12.8 Å². The molecule has 0 N–H and O–H groups in total. The van der Waals surface area contributed by atoms with Gasteiger partial charge in [0.25, 0.3) is 0 Å². The molecule has 2 aliphatic rings. The minimum Gasteiger partial charge on any atom is -0.550 e. The Morgan fingerprint density at radius 1 is 0.301 bits per heavy atom. The molecule has 2 aliphatic carbocycles. The number of hydrogen-bond acceptors (Lipinski definition) is 38. The summed E-state index contributed by atoms with van der Waals surface area (Å²) in [5.74, 6) is -18.5. The zero-order valence-corrected chi connectivity index (χ0v) is 100. The van der Waals surface area contributed by atoms with Gasteiger partial charge in [-0.3, -0.25) is 62.3 Å². The molecule has 0 aliphatic heterocycles. The maximum Gasteiger partial charge on any atom is 0.326 e. The highest BCUT2D eigenvalue weighted by Gasteiger charge is 2.40. The van der Waals surface area contributed by atoms with Gasteiger partial charge in [-0.2, -0.15) is 0 Å². The number of esters is 13. The van der Waals surface area contributed by atoms with E-state index in [0.717, 1.165) is 48.5 Å². The fourth-order valence-electron chi connectivity index (χ4n) is 9.37. The lowest BCUT2D eigenvalue weighted by atomic mass is 9.84. The number of carboxylic acids is 6. The summed E-state index contributed by atoms with van der Waals surface area (Å²) in [4.78, 5) is 219. The molecule has 133 heavy (non-hydrogen) atoms. The van der Waals surface area contributed by atoms with E-state index in [1.165, 1.54) is 18.2 Å². The zero-order chi connectivity index (χ0) is 103. The third-order valence-corrected chi connectivity index (χ3v) is 22.6. The van der Waals surface area contributed by atoms with Crippen LogP contribution in [-0.4, -0.2) is 188 Å². The van der Waals surface area contributed by atoms with Gasteiger partial charge in [0.15, 0.2) is 0 Å². The molecule has 10 unspecified atom stereocenters. The average molecular weight is 3330 g/mol. The van der Waals surface area contributed by atoms with E-state index >= 15 is 0 Å². The molecule has 10 atom stereocenters. The van der Waals surface area contributed by atoms with Crippen LogP contribution < -0.4 is 73.3 Å². The average Bonchev–Trinajstić information content (AvgIpc) is 0.789. The highest BCUT2D eigenvalue weighted by molar-refractivity contribution is 14.1. The fourth-order valence-corrected chi connectivity index (χ4v) is 11.1. The molecule has 0 radical (unpaired) electrons. The molecular formula is C82H83I13O38-6. The van der Waals surface area contributed by atoms with Crippen LogP contribution in [0.4, 0.5) is 0 Å². The van der Waals surface area contributed by atoms with Crippen molar-refractivity contribution in [2.75, 3.05) is 17.7 Å². The lowest BCUT2D eigenvalue weighted by molar-refractivity contribution is -0.317. The molecule has 2 fully saturated rings. The van der Waals surface area contributed by atoms with Crippen molar-refractivity contribution in [1.29, 1.82) is 0 Å². The molecule has 0 amide bonds. The SMILES string of the molecule is CC(C)(I)C(=O)Oc1cc(OC(=O)C(C)(C)I)c(C(=O)[O-])c(OC(=O)C(C)(C)I)c1.CC(C)(I)C(=O)Oc1cc(OC(=O)C(C)(C)I)cc(C(=O)[O-])c1.CC(I)C(=O)OC1CCC(C(=O)[O-])C(OC(=O)C(C)I)C1.CC(I)C(=O)Oc1cc(OC(=O)C(C)I)cc(C(=O)[O-])c1.O=C(CI)OC1CCC(C(=O)[O-])C(OC(=O)CI)C1.O=C(CI)Oc1cc(OC(=O)CI)cc(C(=O)[O-])c1. The summed E-state index contributed by atoms with van der Waals surface area (Å²) in [7, 11) is 0. The van der Waals surface area contributed by atoms with Crippen molar-refractivity contribution in [3.8, 4) is 51.7 Å². The third kappa shape index (κ3) is 49.0.